The lowest BCUT2D eigenvalue weighted by molar-refractivity contribution is -0.145. The largest absolute Gasteiger partial charge is 0.460 e. The first-order valence-electron chi connectivity index (χ1n) is 10.7. The molecule has 1 N–H and O–H groups in total. The fourth-order valence-corrected chi connectivity index (χ4v) is 3.88. The normalized spacial score (nSPS) is 14.7. The third-order valence-corrected chi connectivity index (χ3v) is 5.85. The van der Waals surface area contributed by atoms with Crippen molar-refractivity contribution in [2.45, 2.75) is 52.7 Å². The monoisotopic (exact) mass is 480 g/mol. The minimum Gasteiger partial charge on any atom is -0.460 e. The summed E-state index contributed by atoms with van der Waals surface area (Å²) in [6.07, 6.45) is 0.700. The molecule has 0 saturated heterocycles. The van der Waals surface area contributed by atoms with E-state index >= 15 is 0 Å². The number of rotatable bonds is 7. The Balaban J connectivity index is 1.87. The van der Waals surface area contributed by atoms with Crippen molar-refractivity contribution >= 4 is 40.7 Å². The third kappa shape index (κ3) is 6.00. The zero-order valence-electron chi connectivity index (χ0n) is 19.4. The summed E-state index contributed by atoms with van der Waals surface area (Å²) >= 11 is 6.33. The van der Waals surface area contributed by atoms with E-state index < -0.39 is 18.1 Å². The van der Waals surface area contributed by atoms with Crippen molar-refractivity contribution in [2.24, 2.45) is 10.2 Å². The number of anilines is 1. The summed E-state index contributed by atoms with van der Waals surface area (Å²) in [5.41, 5.74) is 4.23. The van der Waals surface area contributed by atoms with Crippen molar-refractivity contribution < 1.29 is 19.1 Å². The fourth-order valence-electron chi connectivity index (χ4n) is 3.67. The van der Waals surface area contributed by atoms with Crippen LogP contribution in [0.15, 0.2) is 46.6 Å². The molecule has 1 aliphatic rings. The Bertz CT molecular complexity index is 1200. The first-order chi connectivity index (χ1) is 16.2. The molecule has 2 aromatic rings. The highest BCUT2D eigenvalue weighted by Crippen LogP contribution is 2.29. The van der Waals surface area contributed by atoms with E-state index in [-0.39, 0.29) is 5.97 Å². The van der Waals surface area contributed by atoms with Crippen LogP contribution in [0.25, 0.3) is 0 Å². The van der Waals surface area contributed by atoms with Crippen molar-refractivity contribution in [3.8, 4) is 11.8 Å². The maximum Gasteiger partial charge on any atom is 0.308 e. The summed E-state index contributed by atoms with van der Waals surface area (Å²) in [5.74, 6) is -0.314. The number of hydrogen-bond acceptors (Lipinski definition) is 8. The van der Waals surface area contributed by atoms with Crippen LogP contribution in [0.1, 0.15) is 50.3 Å². The molecule has 0 saturated carbocycles. The predicted molar refractivity (Wildman–Crippen MR) is 130 cm³/mol. The molecule has 2 aromatic carbocycles. The van der Waals surface area contributed by atoms with Crippen molar-refractivity contribution in [3.63, 3.8) is 0 Å². The molecule has 176 valence electrons. The number of benzene rings is 2. The number of carbonyl (C=O) groups excluding carboxylic acids is 2. The van der Waals surface area contributed by atoms with Gasteiger partial charge in [0.1, 0.15) is 24.0 Å². The summed E-state index contributed by atoms with van der Waals surface area (Å²) < 4.78 is 10.5. The molecule has 8 nitrogen and oxygen atoms in total. The molecule has 34 heavy (non-hydrogen) atoms. The standard InChI is InChI=1S/C25H25ClN4O4/c1-14-21(10-7-19(13-27)24(14)26)28-25(15(2)33-16(3)31)23-12-11-22(29-30-23)18-5-8-20(9-6-18)34-17(4)32/h5-10,15,25,28H,11-12H2,1-4H3/t15-,25+/m0/s1. The summed E-state index contributed by atoms with van der Waals surface area (Å²) in [4.78, 5) is 22.7. The average Bonchev–Trinajstić information content (AvgIpc) is 2.80. The van der Waals surface area contributed by atoms with Crippen LogP contribution in [0.5, 0.6) is 5.75 Å². The Labute approximate surface area is 203 Å². The fraction of sp³-hybridized carbons (Fsp3) is 0.320. The van der Waals surface area contributed by atoms with Crippen LogP contribution in [0.3, 0.4) is 0 Å². The third-order valence-electron chi connectivity index (χ3n) is 5.36. The second-order valence-electron chi connectivity index (χ2n) is 7.90. The van der Waals surface area contributed by atoms with Crippen LogP contribution in [0.2, 0.25) is 5.02 Å². The van der Waals surface area contributed by atoms with Crippen molar-refractivity contribution in [3.05, 3.63) is 58.1 Å². The SMILES string of the molecule is CC(=O)Oc1ccc(C2=NN=C([C@H](Nc3ccc(C#N)c(Cl)c3C)[C@H](C)OC(C)=O)CC2)cc1. The number of esters is 2. The van der Waals surface area contributed by atoms with Gasteiger partial charge in [-0.05, 0) is 74.2 Å². The molecular formula is C25H25ClN4O4. The molecule has 0 amide bonds. The molecular weight excluding hydrogens is 456 g/mol. The van der Waals surface area contributed by atoms with Crippen molar-refractivity contribution in [1.82, 2.24) is 0 Å². The minimum atomic E-state index is -0.523. The van der Waals surface area contributed by atoms with Gasteiger partial charge in [0.05, 0.1) is 22.0 Å². The predicted octanol–water partition coefficient (Wildman–Crippen LogP) is 4.82. The van der Waals surface area contributed by atoms with E-state index in [4.69, 9.17) is 21.1 Å². The van der Waals surface area contributed by atoms with Crippen LogP contribution in [-0.2, 0) is 14.3 Å². The summed E-state index contributed by atoms with van der Waals surface area (Å²) in [6, 6.07) is 12.1. The van der Waals surface area contributed by atoms with Gasteiger partial charge >= 0.3 is 11.9 Å². The number of halogens is 1. The van der Waals surface area contributed by atoms with Crippen molar-refractivity contribution in [1.29, 1.82) is 5.26 Å². The Morgan fingerprint density at radius 1 is 1.09 bits per heavy atom. The van der Waals surface area contributed by atoms with E-state index in [1.165, 1.54) is 13.8 Å². The van der Waals surface area contributed by atoms with Crippen LogP contribution < -0.4 is 10.1 Å². The molecule has 0 unspecified atom stereocenters. The van der Waals surface area contributed by atoms with Gasteiger partial charge in [-0.2, -0.15) is 15.5 Å². The van der Waals surface area contributed by atoms with Gasteiger partial charge in [0.2, 0.25) is 0 Å². The van der Waals surface area contributed by atoms with E-state index in [0.717, 1.165) is 17.0 Å². The first-order valence-corrected chi connectivity index (χ1v) is 11.1. The quantitative estimate of drug-likeness (QED) is 0.449. The number of nitrogens with one attached hydrogen (secondary N) is 1. The lowest BCUT2D eigenvalue weighted by atomic mass is 9.96. The van der Waals surface area contributed by atoms with Crippen LogP contribution in [0.4, 0.5) is 5.69 Å². The number of ether oxygens (including phenoxy) is 2. The topological polar surface area (TPSA) is 113 Å². The van der Waals surface area contributed by atoms with Crippen LogP contribution in [0, 0.1) is 18.3 Å². The first kappa shape index (κ1) is 24.9. The Kier molecular flexibility index (Phi) is 8.03. The van der Waals surface area contributed by atoms with E-state index in [1.807, 2.05) is 19.1 Å². The van der Waals surface area contributed by atoms with Gasteiger partial charge in [-0.1, -0.05) is 11.6 Å². The zero-order chi connectivity index (χ0) is 24.8. The van der Waals surface area contributed by atoms with Gasteiger partial charge < -0.3 is 14.8 Å². The molecule has 3 rings (SSSR count). The Morgan fingerprint density at radius 3 is 2.35 bits per heavy atom. The summed E-state index contributed by atoms with van der Waals surface area (Å²) in [7, 11) is 0. The van der Waals surface area contributed by atoms with Gasteiger partial charge in [-0.3, -0.25) is 9.59 Å². The second-order valence-corrected chi connectivity index (χ2v) is 8.28. The molecule has 0 aliphatic carbocycles. The molecule has 1 aliphatic heterocycles. The Hall–Kier alpha value is -3.70. The maximum absolute atomic E-state index is 11.6. The Morgan fingerprint density at radius 2 is 1.79 bits per heavy atom. The highest BCUT2D eigenvalue weighted by atomic mass is 35.5. The molecule has 1 heterocycles. The lowest BCUT2D eigenvalue weighted by Gasteiger charge is -2.29. The molecule has 0 fully saturated rings. The van der Waals surface area contributed by atoms with E-state index in [9.17, 15) is 14.9 Å². The van der Waals surface area contributed by atoms with Crippen LogP contribution in [-0.4, -0.2) is 35.5 Å². The summed E-state index contributed by atoms with van der Waals surface area (Å²) in [6.45, 7) is 6.31. The highest BCUT2D eigenvalue weighted by Gasteiger charge is 2.28. The summed E-state index contributed by atoms with van der Waals surface area (Å²) in [5, 5.41) is 21.8. The van der Waals surface area contributed by atoms with E-state index in [1.54, 1.807) is 31.2 Å². The average molecular weight is 481 g/mol. The molecule has 9 heteroatoms. The number of nitriles is 1. The van der Waals surface area contributed by atoms with E-state index in [2.05, 4.69) is 21.6 Å². The molecule has 0 bridgehead atoms. The number of hydrogen-bond donors (Lipinski definition) is 1. The molecule has 2 atom stereocenters. The molecule has 0 aromatic heterocycles. The maximum atomic E-state index is 11.6. The lowest BCUT2D eigenvalue weighted by Crippen LogP contribution is -2.42. The van der Waals surface area contributed by atoms with Gasteiger partial charge in [-0.15, -0.1) is 0 Å². The smallest absolute Gasteiger partial charge is 0.308 e. The van der Waals surface area contributed by atoms with Crippen molar-refractivity contribution in [2.75, 3.05) is 5.32 Å². The minimum absolute atomic E-state index is 0.370. The van der Waals surface area contributed by atoms with Crippen LogP contribution >= 0.6 is 11.6 Å². The number of nitrogens with zero attached hydrogens (tertiary/aromatic N) is 3. The van der Waals surface area contributed by atoms with E-state index in [0.29, 0.717) is 40.4 Å². The number of carbonyl (C=O) groups is 2. The molecule has 0 spiro atoms. The van der Waals surface area contributed by atoms with Gasteiger partial charge in [-0.25, -0.2) is 0 Å². The second kappa shape index (κ2) is 10.9. The zero-order valence-corrected chi connectivity index (χ0v) is 20.1. The van der Waals surface area contributed by atoms with Gasteiger partial charge in [0.25, 0.3) is 0 Å². The van der Waals surface area contributed by atoms with Gasteiger partial charge in [0, 0.05) is 19.5 Å². The molecule has 0 radical (unpaired) electrons. The highest BCUT2D eigenvalue weighted by molar-refractivity contribution is 6.32. The van der Waals surface area contributed by atoms with Gasteiger partial charge in [0.15, 0.2) is 0 Å².